The zero-order valence-electron chi connectivity index (χ0n) is 23.0. The molecule has 0 aliphatic carbocycles. The van der Waals surface area contributed by atoms with Crippen LogP contribution in [-0.4, -0.2) is 51.5 Å². The average molecular weight is 554 g/mol. The molecule has 1 saturated heterocycles. The van der Waals surface area contributed by atoms with Crippen LogP contribution in [0.25, 0.3) is 22.4 Å². The molecule has 0 unspecified atom stereocenters. The Balaban J connectivity index is 0.000000787. The second kappa shape index (κ2) is 15.0. The molecule has 4 heterocycles. The first-order valence-electron chi connectivity index (χ1n) is 12.9. The standard InChI is InChI=1S/C23H24FN7O2S.C3H6.C2H6/c1-13-20-22(30-29-13)27-21(28-23(20)33-15-5-8-25-9-6-15)14-3-4-18(17(24)11-14)31-34-19-12-16(32-2)7-10-26-19;1-3-2;1-2/h3-4,7,10-12,15,25,31H,5-6,8-9H2,1-2H3,(H,27,28,29,30);3H,1H2,2H3;1-2H3. The van der Waals surface area contributed by atoms with E-state index >= 15 is 0 Å². The van der Waals surface area contributed by atoms with Gasteiger partial charge in [-0.15, -0.1) is 6.58 Å². The van der Waals surface area contributed by atoms with Crippen LogP contribution in [0.4, 0.5) is 10.1 Å². The molecule has 5 rings (SSSR count). The van der Waals surface area contributed by atoms with Gasteiger partial charge in [-0.05, 0) is 64.0 Å². The van der Waals surface area contributed by atoms with Crippen molar-refractivity contribution in [1.29, 1.82) is 0 Å². The molecular weight excluding hydrogens is 517 g/mol. The fourth-order valence-corrected chi connectivity index (χ4v) is 4.40. The summed E-state index contributed by atoms with van der Waals surface area (Å²) in [6, 6.07) is 8.33. The highest BCUT2D eigenvalue weighted by Gasteiger charge is 2.21. The maximum Gasteiger partial charge on any atom is 0.228 e. The summed E-state index contributed by atoms with van der Waals surface area (Å²) in [5.74, 6) is 1.07. The van der Waals surface area contributed by atoms with Gasteiger partial charge in [0.05, 0.1) is 12.8 Å². The molecule has 9 nitrogen and oxygen atoms in total. The molecule has 0 atom stereocenters. The number of methoxy groups -OCH3 is 1. The number of nitrogens with one attached hydrogen (secondary N) is 3. The van der Waals surface area contributed by atoms with Crippen LogP contribution in [0.5, 0.6) is 11.6 Å². The average Bonchev–Trinajstić information content (AvgIpc) is 3.35. The number of anilines is 1. The predicted octanol–water partition coefficient (Wildman–Crippen LogP) is 6.34. The third kappa shape index (κ3) is 7.90. The van der Waals surface area contributed by atoms with E-state index in [2.05, 4.69) is 41.8 Å². The Hall–Kier alpha value is -3.70. The Morgan fingerprint density at radius 1 is 1.15 bits per heavy atom. The third-order valence-electron chi connectivity index (χ3n) is 5.56. The molecule has 3 N–H and O–H groups in total. The smallest absolute Gasteiger partial charge is 0.228 e. The van der Waals surface area contributed by atoms with Gasteiger partial charge in [0, 0.05) is 35.5 Å². The van der Waals surface area contributed by atoms with E-state index in [0.29, 0.717) is 39.4 Å². The Kier molecular flexibility index (Phi) is 11.5. The summed E-state index contributed by atoms with van der Waals surface area (Å²) < 4.78 is 29.4. The first kappa shape index (κ1) is 29.9. The van der Waals surface area contributed by atoms with Crippen molar-refractivity contribution in [3.05, 3.63) is 60.7 Å². The lowest BCUT2D eigenvalue weighted by Crippen LogP contribution is -2.34. The summed E-state index contributed by atoms with van der Waals surface area (Å²) in [6.45, 7) is 13.0. The van der Waals surface area contributed by atoms with Crippen molar-refractivity contribution in [3.63, 3.8) is 0 Å². The van der Waals surface area contributed by atoms with E-state index < -0.39 is 5.82 Å². The van der Waals surface area contributed by atoms with Crippen LogP contribution in [0.15, 0.2) is 54.2 Å². The van der Waals surface area contributed by atoms with E-state index in [4.69, 9.17) is 9.47 Å². The number of fused-ring (bicyclic) bond motifs is 1. The second-order valence-corrected chi connectivity index (χ2v) is 9.13. The number of hydrogen-bond acceptors (Lipinski definition) is 9. The number of piperidine rings is 1. The SMILES string of the molecule is C=CC.CC.COc1ccnc(SNc2ccc(-c3nc(OC4CCNCC4)c4c(C)[nH]nc4n3)cc2F)c1. The van der Waals surface area contributed by atoms with E-state index in [0.717, 1.165) is 37.0 Å². The molecular formula is C28H36FN7O2S. The summed E-state index contributed by atoms with van der Waals surface area (Å²) >= 11 is 1.19. The van der Waals surface area contributed by atoms with Crippen molar-refractivity contribution in [2.75, 3.05) is 24.9 Å². The number of aromatic nitrogens is 5. The quantitative estimate of drug-likeness (QED) is 0.178. The molecule has 3 aromatic heterocycles. The van der Waals surface area contributed by atoms with E-state index in [1.807, 2.05) is 27.7 Å². The largest absolute Gasteiger partial charge is 0.497 e. The maximum absolute atomic E-state index is 14.9. The molecule has 0 spiro atoms. The van der Waals surface area contributed by atoms with Gasteiger partial charge in [0.1, 0.15) is 28.1 Å². The van der Waals surface area contributed by atoms with Gasteiger partial charge in [0.2, 0.25) is 5.88 Å². The van der Waals surface area contributed by atoms with Crippen molar-refractivity contribution in [2.24, 2.45) is 0 Å². The number of benzene rings is 1. The molecule has 0 bridgehead atoms. The second-order valence-electron chi connectivity index (χ2n) is 8.31. The van der Waals surface area contributed by atoms with Crippen molar-refractivity contribution >= 4 is 28.7 Å². The minimum absolute atomic E-state index is 0.0621. The van der Waals surface area contributed by atoms with Crippen LogP contribution in [0.1, 0.15) is 39.3 Å². The predicted molar refractivity (Wildman–Crippen MR) is 156 cm³/mol. The minimum Gasteiger partial charge on any atom is -0.497 e. The lowest BCUT2D eigenvalue weighted by atomic mass is 10.1. The van der Waals surface area contributed by atoms with Gasteiger partial charge in [0.15, 0.2) is 11.5 Å². The number of ether oxygens (including phenoxy) is 2. The number of nitrogens with zero attached hydrogens (tertiary/aromatic N) is 4. The van der Waals surface area contributed by atoms with E-state index in [9.17, 15) is 4.39 Å². The van der Waals surface area contributed by atoms with Gasteiger partial charge in [-0.1, -0.05) is 19.9 Å². The molecule has 1 aliphatic rings. The number of hydrogen-bond donors (Lipinski definition) is 3. The van der Waals surface area contributed by atoms with Gasteiger partial charge in [-0.2, -0.15) is 10.1 Å². The highest BCUT2D eigenvalue weighted by molar-refractivity contribution is 8.00. The van der Waals surface area contributed by atoms with Crippen molar-refractivity contribution in [3.8, 4) is 23.0 Å². The zero-order chi connectivity index (χ0) is 28.2. The fraction of sp³-hybridized carbons (Fsp3) is 0.357. The van der Waals surface area contributed by atoms with Crippen LogP contribution in [0.3, 0.4) is 0 Å². The number of halogens is 1. The molecule has 11 heteroatoms. The van der Waals surface area contributed by atoms with E-state index in [1.165, 1.54) is 18.0 Å². The number of H-pyrrole nitrogens is 1. The van der Waals surface area contributed by atoms with E-state index in [1.54, 1.807) is 43.6 Å². The molecule has 0 radical (unpaired) electrons. The van der Waals surface area contributed by atoms with Crippen molar-refractivity contribution in [1.82, 2.24) is 30.5 Å². The van der Waals surface area contributed by atoms with Crippen LogP contribution in [-0.2, 0) is 0 Å². The summed E-state index contributed by atoms with van der Waals surface area (Å²) in [4.78, 5) is 13.4. The summed E-state index contributed by atoms with van der Waals surface area (Å²) in [7, 11) is 1.59. The number of allylic oxidation sites excluding steroid dienone is 1. The molecule has 4 aromatic rings. The molecule has 39 heavy (non-hydrogen) atoms. The zero-order valence-corrected chi connectivity index (χ0v) is 23.9. The Labute approximate surface area is 233 Å². The molecule has 1 fully saturated rings. The Morgan fingerprint density at radius 3 is 2.59 bits per heavy atom. The van der Waals surface area contributed by atoms with Crippen molar-refractivity contribution in [2.45, 2.75) is 51.7 Å². The van der Waals surface area contributed by atoms with Crippen LogP contribution < -0.4 is 19.5 Å². The lowest BCUT2D eigenvalue weighted by Gasteiger charge is -2.23. The summed E-state index contributed by atoms with van der Waals surface area (Å²) in [6.07, 6.45) is 5.24. The van der Waals surface area contributed by atoms with E-state index in [-0.39, 0.29) is 6.10 Å². The topological polar surface area (TPSA) is 110 Å². The minimum atomic E-state index is -0.435. The highest BCUT2D eigenvalue weighted by Crippen LogP contribution is 2.31. The Bertz CT molecular complexity index is 1360. The molecule has 0 saturated carbocycles. The third-order valence-corrected chi connectivity index (χ3v) is 6.31. The molecule has 0 amide bonds. The first-order chi connectivity index (χ1) is 19.0. The monoisotopic (exact) mass is 553 g/mol. The summed E-state index contributed by atoms with van der Waals surface area (Å²) in [5, 5.41) is 12.0. The lowest BCUT2D eigenvalue weighted by molar-refractivity contribution is 0.158. The first-order valence-corrected chi connectivity index (χ1v) is 13.7. The molecule has 1 aliphatic heterocycles. The highest BCUT2D eigenvalue weighted by atomic mass is 32.2. The van der Waals surface area contributed by atoms with Crippen LogP contribution >= 0.6 is 11.9 Å². The fourth-order valence-electron chi connectivity index (χ4n) is 3.73. The number of aryl methyl sites for hydroxylation is 1. The van der Waals surface area contributed by atoms with Gasteiger partial charge >= 0.3 is 0 Å². The van der Waals surface area contributed by atoms with Gasteiger partial charge in [0.25, 0.3) is 0 Å². The number of pyridine rings is 1. The molecule has 208 valence electrons. The Morgan fingerprint density at radius 2 is 1.90 bits per heavy atom. The van der Waals surface area contributed by atoms with Crippen LogP contribution in [0.2, 0.25) is 0 Å². The van der Waals surface area contributed by atoms with Gasteiger partial charge < -0.3 is 19.5 Å². The van der Waals surface area contributed by atoms with Gasteiger partial charge in [-0.3, -0.25) is 5.10 Å². The number of aromatic amines is 1. The van der Waals surface area contributed by atoms with Gasteiger partial charge in [-0.25, -0.2) is 14.4 Å². The summed E-state index contributed by atoms with van der Waals surface area (Å²) in [5.41, 5.74) is 2.18. The molecule has 1 aromatic carbocycles. The van der Waals surface area contributed by atoms with Crippen LogP contribution in [0, 0.1) is 12.7 Å². The number of rotatable bonds is 7. The maximum atomic E-state index is 14.9. The van der Waals surface area contributed by atoms with Crippen molar-refractivity contribution < 1.29 is 13.9 Å². The normalized spacial score (nSPS) is 13.0.